The van der Waals surface area contributed by atoms with Gasteiger partial charge in [0.15, 0.2) is 0 Å². The minimum absolute atomic E-state index is 0.285. The van der Waals surface area contributed by atoms with Gasteiger partial charge >= 0.3 is 0 Å². The highest BCUT2D eigenvalue weighted by Crippen LogP contribution is 2.19. The Balaban J connectivity index is 2.34. The molecule has 100 valence electrons. The average Bonchev–Trinajstić information content (AvgIpc) is 2.38. The molecule has 0 aliphatic heterocycles. The van der Waals surface area contributed by atoms with E-state index in [-0.39, 0.29) is 4.90 Å². The van der Waals surface area contributed by atoms with Gasteiger partial charge in [-0.2, -0.15) is 0 Å². The zero-order valence-corrected chi connectivity index (χ0v) is 11.4. The smallest absolute Gasteiger partial charge is 0.262 e. The Morgan fingerprint density at radius 2 is 1.84 bits per heavy atom. The van der Waals surface area contributed by atoms with Crippen molar-refractivity contribution in [1.29, 1.82) is 0 Å². The second kappa shape index (κ2) is 5.42. The van der Waals surface area contributed by atoms with Crippen molar-refractivity contribution >= 4 is 15.7 Å². The first kappa shape index (κ1) is 13.6. The van der Waals surface area contributed by atoms with Gasteiger partial charge in [-0.25, -0.2) is 8.42 Å². The van der Waals surface area contributed by atoms with Crippen LogP contribution in [0.5, 0.6) is 0 Å². The van der Waals surface area contributed by atoms with Gasteiger partial charge in [0.2, 0.25) is 0 Å². The van der Waals surface area contributed by atoms with E-state index in [1.807, 2.05) is 12.1 Å². The minimum atomic E-state index is -3.56. The molecule has 19 heavy (non-hydrogen) atoms. The molecular formula is C14H16N2O2S. The van der Waals surface area contributed by atoms with Crippen molar-refractivity contribution in [2.75, 3.05) is 4.72 Å². The molecule has 0 aliphatic carbocycles. The lowest BCUT2D eigenvalue weighted by Crippen LogP contribution is -2.14. The number of hydrogen-bond acceptors (Lipinski definition) is 3. The van der Waals surface area contributed by atoms with Gasteiger partial charge in [-0.15, -0.1) is 0 Å². The molecule has 0 fully saturated rings. The van der Waals surface area contributed by atoms with Crippen LogP contribution in [0.3, 0.4) is 0 Å². The molecule has 0 saturated carbocycles. The molecule has 0 amide bonds. The number of rotatable bonds is 4. The number of nitrogens with two attached hydrogens (primary N) is 1. The Morgan fingerprint density at radius 3 is 2.53 bits per heavy atom. The van der Waals surface area contributed by atoms with Crippen LogP contribution in [-0.2, 0) is 16.6 Å². The van der Waals surface area contributed by atoms with E-state index in [0.29, 0.717) is 17.8 Å². The van der Waals surface area contributed by atoms with Gasteiger partial charge in [-0.05, 0) is 36.2 Å². The van der Waals surface area contributed by atoms with Crippen LogP contribution in [0.4, 0.5) is 5.69 Å². The summed E-state index contributed by atoms with van der Waals surface area (Å²) in [6, 6.07) is 13.9. The summed E-state index contributed by atoms with van der Waals surface area (Å²) in [6.07, 6.45) is 0. The molecule has 4 nitrogen and oxygen atoms in total. The van der Waals surface area contributed by atoms with Crippen molar-refractivity contribution in [3.05, 3.63) is 59.7 Å². The normalized spacial score (nSPS) is 11.3. The largest absolute Gasteiger partial charge is 0.326 e. The molecule has 5 heteroatoms. The third-order valence-corrected chi connectivity index (χ3v) is 4.34. The molecule has 0 heterocycles. The van der Waals surface area contributed by atoms with Gasteiger partial charge in [-0.1, -0.05) is 30.3 Å². The van der Waals surface area contributed by atoms with E-state index in [4.69, 9.17) is 5.73 Å². The van der Waals surface area contributed by atoms with Crippen LogP contribution in [0, 0.1) is 6.92 Å². The molecule has 2 aromatic rings. The fourth-order valence-corrected chi connectivity index (χ4v) is 3.13. The molecule has 0 radical (unpaired) electrons. The standard InChI is InChI=1S/C14H16N2O2S/c1-11-5-2-3-8-14(11)19(17,18)16-13-7-4-6-12(9-13)10-15/h2-9,16H,10,15H2,1H3. The SMILES string of the molecule is Cc1ccccc1S(=O)(=O)Nc1cccc(CN)c1. The third kappa shape index (κ3) is 3.13. The van der Waals surface area contributed by atoms with E-state index in [1.54, 1.807) is 43.3 Å². The summed E-state index contributed by atoms with van der Waals surface area (Å²) in [4.78, 5) is 0.285. The Labute approximate surface area is 113 Å². The van der Waals surface area contributed by atoms with E-state index in [1.165, 1.54) is 0 Å². The second-order valence-corrected chi connectivity index (χ2v) is 5.93. The third-order valence-electron chi connectivity index (χ3n) is 2.80. The Hall–Kier alpha value is -1.85. The number of benzene rings is 2. The highest BCUT2D eigenvalue weighted by molar-refractivity contribution is 7.92. The predicted octanol–water partition coefficient (Wildman–Crippen LogP) is 2.25. The van der Waals surface area contributed by atoms with Crippen LogP contribution in [0.15, 0.2) is 53.4 Å². The lowest BCUT2D eigenvalue weighted by Gasteiger charge is -2.10. The summed E-state index contributed by atoms with van der Waals surface area (Å²) in [7, 11) is -3.56. The summed E-state index contributed by atoms with van der Waals surface area (Å²) < 4.78 is 27.1. The molecule has 0 aliphatic rings. The first-order chi connectivity index (χ1) is 9.03. The quantitative estimate of drug-likeness (QED) is 0.899. The first-order valence-electron chi connectivity index (χ1n) is 5.90. The van der Waals surface area contributed by atoms with Gasteiger partial charge in [0.1, 0.15) is 0 Å². The van der Waals surface area contributed by atoms with Crippen LogP contribution in [0.25, 0.3) is 0 Å². The number of sulfonamides is 1. The predicted molar refractivity (Wildman–Crippen MR) is 76.3 cm³/mol. The van der Waals surface area contributed by atoms with Gasteiger partial charge < -0.3 is 5.73 Å². The van der Waals surface area contributed by atoms with Crippen molar-refractivity contribution in [2.24, 2.45) is 5.73 Å². The minimum Gasteiger partial charge on any atom is -0.326 e. The summed E-state index contributed by atoms with van der Waals surface area (Å²) in [6.45, 7) is 2.14. The van der Waals surface area contributed by atoms with Gasteiger partial charge in [-0.3, -0.25) is 4.72 Å². The van der Waals surface area contributed by atoms with Crippen LogP contribution in [-0.4, -0.2) is 8.42 Å². The van der Waals surface area contributed by atoms with E-state index in [0.717, 1.165) is 5.56 Å². The molecule has 0 atom stereocenters. The summed E-state index contributed by atoms with van der Waals surface area (Å²) in [5, 5.41) is 0. The highest BCUT2D eigenvalue weighted by atomic mass is 32.2. The summed E-state index contributed by atoms with van der Waals surface area (Å²) in [5.74, 6) is 0. The molecule has 0 aromatic heterocycles. The number of nitrogens with one attached hydrogen (secondary N) is 1. The average molecular weight is 276 g/mol. The highest BCUT2D eigenvalue weighted by Gasteiger charge is 2.16. The Kier molecular flexibility index (Phi) is 3.87. The maximum atomic E-state index is 12.3. The lowest BCUT2D eigenvalue weighted by molar-refractivity contribution is 0.600. The maximum absolute atomic E-state index is 12.3. The van der Waals surface area contributed by atoms with Gasteiger partial charge in [0.25, 0.3) is 10.0 Å². The zero-order chi connectivity index (χ0) is 13.9. The van der Waals surface area contributed by atoms with Crippen molar-refractivity contribution in [3.8, 4) is 0 Å². The number of hydrogen-bond donors (Lipinski definition) is 2. The van der Waals surface area contributed by atoms with E-state index < -0.39 is 10.0 Å². The molecule has 0 saturated heterocycles. The summed E-state index contributed by atoms with van der Waals surface area (Å²) >= 11 is 0. The molecule has 2 rings (SSSR count). The summed E-state index contributed by atoms with van der Waals surface area (Å²) in [5.41, 5.74) is 7.65. The molecule has 2 aromatic carbocycles. The van der Waals surface area contributed by atoms with Crippen molar-refractivity contribution in [1.82, 2.24) is 0 Å². The Bertz CT molecular complexity index is 681. The first-order valence-corrected chi connectivity index (χ1v) is 7.39. The topological polar surface area (TPSA) is 72.2 Å². The van der Waals surface area contributed by atoms with Crippen molar-refractivity contribution in [3.63, 3.8) is 0 Å². The van der Waals surface area contributed by atoms with Gasteiger partial charge in [0.05, 0.1) is 4.90 Å². The fourth-order valence-electron chi connectivity index (χ4n) is 1.83. The maximum Gasteiger partial charge on any atom is 0.262 e. The van der Waals surface area contributed by atoms with Crippen molar-refractivity contribution in [2.45, 2.75) is 18.4 Å². The molecule has 3 N–H and O–H groups in total. The van der Waals surface area contributed by atoms with Gasteiger partial charge in [0, 0.05) is 12.2 Å². The van der Waals surface area contributed by atoms with E-state index in [2.05, 4.69) is 4.72 Å². The zero-order valence-electron chi connectivity index (χ0n) is 10.6. The molecule has 0 bridgehead atoms. The molecule has 0 spiro atoms. The van der Waals surface area contributed by atoms with Crippen LogP contribution in [0.1, 0.15) is 11.1 Å². The fraction of sp³-hybridized carbons (Fsp3) is 0.143. The van der Waals surface area contributed by atoms with Crippen LogP contribution >= 0.6 is 0 Å². The molecule has 0 unspecified atom stereocenters. The Morgan fingerprint density at radius 1 is 1.11 bits per heavy atom. The van der Waals surface area contributed by atoms with Crippen LogP contribution in [0.2, 0.25) is 0 Å². The number of anilines is 1. The number of aryl methyl sites for hydroxylation is 1. The second-order valence-electron chi connectivity index (χ2n) is 4.28. The van der Waals surface area contributed by atoms with Crippen molar-refractivity contribution < 1.29 is 8.42 Å². The van der Waals surface area contributed by atoms with Crippen LogP contribution < -0.4 is 10.5 Å². The van der Waals surface area contributed by atoms with E-state index in [9.17, 15) is 8.42 Å². The monoisotopic (exact) mass is 276 g/mol. The van der Waals surface area contributed by atoms with E-state index >= 15 is 0 Å². The lowest BCUT2D eigenvalue weighted by atomic mass is 10.2. The molecular weight excluding hydrogens is 260 g/mol.